The summed E-state index contributed by atoms with van der Waals surface area (Å²) >= 11 is 0. The van der Waals surface area contributed by atoms with Crippen molar-refractivity contribution in [2.24, 2.45) is 5.92 Å². The van der Waals surface area contributed by atoms with Crippen LogP contribution in [0.25, 0.3) is 0 Å². The number of rotatable bonds is 7. The summed E-state index contributed by atoms with van der Waals surface area (Å²) in [4.78, 5) is 26.2. The number of urea groups is 1. The van der Waals surface area contributed by atoms with Crippen molar-refractivity contribution in [1.82, 2.24) is 15.6 Å². The molecule has 0 fully saturated rings. The molecule has 1 aromatic heterocycles. The lowest BCUT2D eigenvalue weighted by Crippen LogP contribution is -2.37. The zero-order valence-corrected chi connectivity index (χ0v) is 11.8. The Bertz CT molecular complexity index is 437. The first-order valence-electron chi connectivity index (χ1n) is 6.67. The Morgan fingerprint density at radius 2 is 1.95 bits per heavy atom. The van der Waals surface area contributed by atoms with E-state index in [2.05, 4.69) is 15.6 Å². The fourth-order valence-corrected chi connectivity index (χ4v) is 1.72. The second-order valence-corrected chi connectivity index (χ2v) is 4.78. The molecular formula is C14H21N3O3. The van der Waals surface area contributed by atoms with Crippen molar-refractivity contribution in [3.8, 4) is 0 Å². The third-order valence-corrected chi connectivity index (χ3v) is 3.07. The summed E-state index contributed by atoms with van der Waals surface area (Å²) in [6.07, 6.45) is 4.55. The van der Waals surface area contributed by atoms with Gasteiger partial charge in [-0.25, -0.2) is 4.79 Å². The molecule has 0 aliphatic rings. The number of nitrogens with zero attached hydrogens (tertiary/aromatic N) is 1. The molecule has 1 aromatic rings. The number of hydrogen-bond donors (Lipinski definition) is 3. The first-order chi connectivity index (χ1) is 9.50. The molecule has 0 aliphatic heterocycles. The van der Waals surface area contributed by atoms with E-state index >= 15 is 0 Å². The predicted molar refractivity (Wildman–Crippen MR) is 75.2 cm³/mol. The lowest BCUT2D eigenvalue weighted by molar-refractivity contribution is -0.141. The number of carboxylic acid groups (broad SMARTS) is 1. The summed E-state index contributed by atoms with van der Waals surface area (Å²) in [5, 5.41) is 14.3. The Balaban J connectivity index is 2.22. The third kappa shape index (κ3) is 5.69. The molecule has 6 nitrogen and oxygen atoms in total. The largest absolute Gasteiger partial charge is 0.481 e. The van der Waals surface area contributed by atoms with Crippen LogP contribution in [-0.2, 0) is 4.79 Å². The second kappa shape index (κ2) is 8.14. The molecule has 0 saturated carbocycles. The van der Waals surface area contributed by atoms with Gasteiger partial charge in [-0.3, -0.25) is 9.78 Å². The zero-order chi connectivity index (χ0) is 15.0. The summed E-state index contributed by atoms with van der Waals surface area (Å²) in [7, 11) is 0. The van der Waals surface area contributed by atoms with Crippen LogP contribution in [0, 0.1) is 5.92 Å². The van der Waals surface area contributed by atoms with Gasteiger partial charge < -0.3 is 15.7 Å². The maximum Gasteiger partial charge on any atom is 0.315 e. The number of pyridine rings is 1. The minimum absolute atomic E-state index is 0.101. The van der Waals surface area contributed by atoms with E-state index < -0.39 is 5.97 Å². The van der Waals surface area contributed by atoms with Crippen molar-refractivity contribution in [3.63, 3.8) is 0 Å². The average molecular weight is 279 g/mol. The quantitative estimate of drug-likeness (QED) is 0.665. The van der Waals surface area contributed by atoms with E-state index in [0.29, 0.717) is 19.4 Å². The van der Waals surface area contributed by atoms with Gasteiger partial charge in [0.05, 0.1) is 12.0 Å². The highest BCUT2D eigenvalue weighted by Gasteiger charge is 2.11. The number of carboxylic acids is 1. The molecule has 20 heavy (non-hydrogen) atoms. The maximum absolute atomic E-state index is 11.7. The van der Waals surface area contributed by atoms with Gasteiger partial charge in [0.15, 0.2) is 0 Å². The molecule has 1 heterocycles. The van der Waals surface area contributed by atoms with Gasteiger partial charge in [-0.15, -0.1) is 0 Å². The van der Waals surface area contributed by atoms with Crippen molar-refractivity contribution < 1.29 is 14.7 Å². The first-order valence-corrected chi connectivity index (χ1v) is 6.67. The Kier molecular flexibility index (Phi) is 6.49. The van der Waals surface area contributed by atoms with Gasteiger partial charge in [0.1, 0.15) is 0 Å². The lowest BCUT2D eigenvalue weighted by atomic mass is 10.1. The standard InChI is InChI=1S/C14H21N3O3/c1-10(13(18)19)4-3-7-16-14(20)17-11(2)12-5-8-15-9-6-12/h5-6,8-11H,3-4,7H2,1-2H3,(H,18,19)(H2,16,17,20). The molecule has 6 heteroatoms. The summed E-state index contributed by atoms with van der Waals surface area (Å²) in [6, 6.07) is 3.34. The van der Waals surface area contributed by atoms with Gasteiger partial charge in [-0.2, -0.15) is 0 Å². The highest BCUT2D eigenvalue weighted by Crippen LogP contribution is 2.09. The van der Waals surface area contributed by atoms with Crippen molar-refractivity contribution in [3.05, 3.63) is 30.1 Å². The molecule has 0 saturated heterocycles. The number of aromatic nitrogens is 1. The van der Waals surface area contributed by atoms with Crippen LogP contribution in [0.3, 0.4) is 0 Å². The van der Waals surface area contributed by atoms with E-state index in [1.807, 2.05) is 19.1 Å². The smallest absolute Gasteiger partial charge is 0.315 e. The topological polar surface area (TPSA) is 91.3 Å². The third-order valence-electron chi connectivity index (χ3n) is 3.07. The molecule has 0 bridgehead atoms. The van der Waals surface area contributed by atoms with Gasteiger partial charge in [-0.1, -0.05) is 6.92 Å². The van der Waals surface area contributed by atoms with Crippen molar-refractivity contribution in [1.29, 1.82) is 0 Å². The Hall–Kier alpha value is -2.11. The van der Waals surface area contributed by atoms with E-state index in [9.17, 15) is 9.59 Å². The van der Waals surface area contributed by atoms with E-state index in [-0.39, 0.29) is 18.0 Å². The number of aliphatic carboxylic acids is 1. The van der Waals surface area contributed by atoms with Crippen LogP contribution in [0.4, 0.5) is 4.79 Å². The SMILES string of the molecule is CC(CCCNC(=O)NC(C)c1ccncc1)C(=O)O. The van der Waals surface area contributed by atoms with Crippen LogP contribution in [-0.4, -0.2) is 28.6 Å². The Morgan fingerprint density at radius 1 is 1.30 bits per heavy atom. The minimum Gasteiger partial charge on any atom is -0.481 e. The number of carbonyl (C=O) groups is 2. The predicted octanol–water partition coefficient (Wildman–Crippen LogP) is 1.94. The van der Waals surface area contributed by atoms with Gasteiger partial charge in [0, 0.05) is 18.9 Å². The highest BCUT2D eigenvalue weighted by atomic mass is 16.4. The van der Waals surface area contributed by atoms with Crippen molar-refractivity contribution in [2.75, 3.05) is 6.54 Å². The maximum atomic E-state index is 11.7. The number of amides is 2. The fraction of sp³-hybridized carbons (Fsp3) is 0.500. The number of carbonyl (C=O) groups excluding carboxylic acids is 1. The van der Waals surface area contributed by atoms with Gasteiger partial charge in [0.2, 0.25) is 0 Å². The lowest BCUT2D eigenvalue weighted by Gasteiger charge is -2.15. The Labute approximate surface area is 118 Å². The zero-order valence-electron chi connectivity index (χ0n) is 11.8. The molecule has 0 aromatic carbocycles. The minimum atomic E-state index is -0.805. The monoisotopic (exact) mass is 279 g/mol. The van der Waals surface area contributed by atoms with Gasteiger partial charge in [-0.05, 0) is 37.5 Å². The molecule has 2 atom stereocenters. The molecule has 2 amide bonds. The van der Waals surface area contributed by atoms with E-state index in [1.54, 1.807) is 19.3 Å². The highest BCUT2D eigenvalue weighted by molar-refractivity contribution is 5.74. The molecule has 1 rings (SSSR count). The van der Waals surface area contributed by atoms with Gasteiger partial charge in [0.25, 0.3) is 0 Å². The van der Waals surface area contributed by atoms with E-state index in [0.717, 1.165) is 5.56 Å². The Morgan fingerprint density at radius 3 is 2.55 bits per heavy atom. The van der Waals surface area contributed by atoms with E-state index in [4.69, 9.17) is 5.11 Å². The summed E-state index contributed by atoms with van der Waals surface area (Å²) < 4.78 is 0. The molecule has 3 N–H and O–H groups in total. The molecular weight excluding hydrogens is 258 g/mol. The summed E-state index contributed by atoms with van der Waals surface area (Å²) in [5.74, 6) is -1.18. The van der Waals surface area contributed by atoms with Crippen LogP contribution in [0.1, 0.15) is 38.3 Å². The second-order valence-electron chi connectivity index (χ2n) is 4.78. The molecule has 110 valence electrons. The van der Waals surface area contributed by atoms with Crippen molar-refractivity contribution in [2.45, 2.75) is 32.7 Å². The van der Waals surface area contributed by atoms with E-state index in [1.165, 1.54) is 0 Å². The molecule has 2 unspecified atom stereocenters. The number of nitrogens with one attached hydrogen (secondary N) is 2. The summed E-state index contributed by atoms with van der Waals surface area (Å²) in [6.45, 7) is 4.02. The molecule has 0 radical (unpaired) electrons. The normalized spacial score (nSPS) is 13.3. The van der Waals surface area contributed by atoms with Crippen molar-refractivity contribution >= 4 is 12.0 Å². The fourth-order valence-electron chi connectivity index (χ4n) is 1.72. The van der Waals surface area contributed by atoms with Crippen LogP contribution in [0.15, 0.2) is 24.5 Å². The first kappa shape index (κ1) is 15.9. The van der Waals surface area contributed by atoms with Crippen LogP contribution >= 0.6 is 0 Å². The number of hydrogen-bond acceptors (Lipinski definition) is 3. The molecule has 0 aliphatic carbocycles. The van der Waals surface area contributed by atoms with Crippen LogP contribution in [0.5, 0.6) is 0 Å². The van der Waals surface area contributed by atoms with Crippen LogP contribution in [0.2, 0.25) is 0 Å². The average Bonchev–Trinajstić information content (AvgIpc) is 2.44. The summed E-state index contributed by atoms with van der Waals surface area (Å²) in [5.41, 5.74) is 0.981. The van der Waals surface area contributed by atoms with Crippen LogP contribution < -0.4 is 10.6 Å². The van der Waals surface area contributed by atoms with Gasteiger partial charge >= 0.3 is 12.0 Å². The molecule has 0 spiro atoms.